The molecule has 0 N–H and O–H groups in total. The molecule has 2 aliphatic rings. The third kappa shape index (κ3) is 4.85. The second-order valence-corrected chi connectivity index (χ2v) is 9.04. The molecule has 0 saturated carbocycles. The van der Waals surface area contributed by atoms with Crippen LogP contribution in [0, 0.1) is 0 Å². The third-order valence-electron chi connectivity index (χ3n) is 6.39. The predicted octanol–water partition coefficient (Wildman–Crippen LogP) is 3.32. The summed E-state index contributed by atoms with van der Waals surface area (Å²) in [6, 6.07) is 10.2. The maximum atomic E-state index is 13.3. The Morgan fingerprint density at radius 1 is 1.03 bits per heavy atom. The monoisotopic (exact) mass is 483 g/mol. The maximum absolute atomic E-state index is 13.3. The zero-order chi connectivity index (χ0) is 23.5. The smallest absolute Gasteiger partial charge is 0.290 e. The summed E-state index contributed by atoms with van der Waals surface area (Å²) in [5.74, 6) is 1.14. The number of aromatic nitrogens is 2. The van der Waals surface area contributed by atoms with Crippen molar-refractivity contribution in [1.82, 2.24) is 24.8 Å². The predicted molar refractivity (Wildman–Crippen MR) is 124 cm³/mol. The summed E-state index contributed by atoms with van der Waals surface area (Å²) in [5, 5.41) is 4.72. The molecule has 1 aromatic carbocycles. The lowest BCUT2D eigenvalue weighted by Gasteiger charge is -2.40. The van der Waals surface area contributed by atoms with Crippen molar-refractivity contribution in [3.05, 3.63) is 59.3 Å². The fourth-order valence-corrected chi connectivity index (χ4v) is 4.66. The molecule has 0 radical (unpaired) electrons. The number of carbonyl (C=O) groups excluding carboxylic acids is 2. The minimum atomic E-state index is -0.434. The average Bonchev–Trinajstić information content (AvgIpc) is 3.57. The van der Waals surface area contributed by atoms with E-state index in [1.54, 1.807) is 29.2 Å². The van der Waals surface area contributed by atoms with Crippen LogP contribution >= 0.6 is 11.6 Å². The number of amides is 2. The van der Waals surface area contributed by atoms with Crippen LogP contribution in [0.4, 0.5) is 0 Å². The molecule has 34 heavy (non-hydrogen) atoms. The molecule has 178 valence electrons. The molecular formula is C24H26ClN5O4. The number of carbonyl (C=O) groups is 2. The summed E-state index contributed by atoms with van der Waals surface area (Å²) in [4.78, 5) is 36.4. The summed E-state index contributed by atoms with van der Waals surface area (Å²) >= 11 is 5.94. The fraction of sp³-hybridized carbons (Fsp3) is 0.417. The number of hydrogen-bond acceptors (Lipinski definition) is 7. The van der Waals surface area contributed by atoms with Crippen molar-refractivity contribution < 1.29 is 18.5 Å². The van der Waals surface area contributed by atoms with E-state index in [4.69, 9.17) is 20.5 Å². The fourth-order valence-electron chi connectivity index (χ4n) is 4.54. The quantitative estimate of drug-likeness (QED) is 0.549. The SMILES string of the molecule is O=C(C1CCCCN1C(=O)c1ccco1)N1CCN(Cc2nc(-c3ccc(Cl)cc3)no2)CC1. The standard InChI is InChI=1S/C24H26ClN5O4/c25-18-8-6-17(7-9-18)22-26-21(34-27-22)16-28-11-13-29(14-12-28)23(31)19-4-1-2-10-30(19)24(32)20-5-3-15-33-20/h3,5-9,15,19H,1-2,4,10-14,16H2. The third-order valence-corrected chi connectivity index (χ3v) is 6.65. The molecule has 2 saturated heterocycles. The zero-order valence-corrected chi connectivity index (χ0v) is 19.5. The van der Waals surface area contributed by atoms with Gasteiger partial charge in [0.25, 0.3) is 5.91 Å². The summed E-state index contributed by atoms with van der Waals surface area (Å²) < 4.78 is 10.7. The van der Waals surface area contributed by atoms with Crippen LogP contribution < -0.4 is 0 Å². The van der Waals surface area contributed by atoms with Crippen LogP contribution in [0.1, 0.15) is 35.7 Å². The van der Waals surface area contributed by atoms with Crippen molar-refractivity contribution in [2.75, 3.05) is 32.7 Å². The van der Waals surface area contributed by atoms with Gasteiger partial charge < -0.3 is 18.7 Å². The van der Waals surface area contributed by atoms with E-state index in [2.05, 4.69) is 15.0 Å². The van der Waals surface area contributed by atoms with Gasteiger partial charge in [-0.3, -0.25) is 14.5 Å². The highest BCUT2D eigenvalue weighted by Crippen LogP contribution is 2.23. The molecule has 5 rings (SSSR count). The van der Waals surface area contributed by atoms with Crippen molar-refractivity contribution in [2.24, 2.45) is 0 Å². The molecule has 0 spiro atoms. The van der Waals surface area contributed by atoms with Gasteiger partial charge in [0.05, 0.1) is 12.8 Å². The lowest BCUT2D eigenvalue weighted by molar-refractivity contribution is -0.139. The van der Waals surface area contributed by atoms with Crippen molar-refractivity contribution >= 4 is 23.4 Å². The van der Waals surface area contributed by atoms with Crippen LogP contribution in [0.25, 0.3) is 11.4 Å². The summed E-state index contributed by atoms with van der Waals surface area (Å²) in [5.41, 5.74) is 0.843. The molecule has 3 aromatic rings. The van der Waals surface area contributed by atoms with E-state index >= 15 is 0 Å². The average molecular weight is 484 g/mol. The molecule has 0 aliphatic carbocycles. The van der Waals surface area contributed by atoms with Crippen LogP contribution in [-0.2, 0) is 11.3 Å². The number of halogens is 1. The minimum absolute atomic E-state index is 0.0158. The number of hydrogen-bond donors (Lipinski definition) is 0. The molecule has 4 heterocycles. The molecule has 2 fully saturated rings. The summed E-state index contributed by atoms with van der Waals surface area (Å²) in [6.45, 7) is 3.68. The van der Waals surface area contributed by atoms with Gasteiger partial charge in [-0.25, -0.2) is 0 Å². The zero-order valence-electron chi connectivity index (χ0n) is 18.7. The van der Waals surface area contributed by atoms with Crippen molar-refractivity contribution in [1.29, 1.82) is 0 Å². The lowest BCUT2D eigenvalue weighted by Crippen LogP contribution is -2.57. The first-order valence-electron chi connectivity index (χ1n) is 11.5. The van der Waals surface area contributed by atoms with Gasteiger partial charge in [0.1, 0.15) is 6.04 Å². The number of likely N-dealkylation sites (tertiary alicyclic amines) is 1. The molecule has 9 nitrogen and oxygen atoms in total. The van der Waals surface area contributed by atoms with E-state index in [-0.39, 0.29) is 17.6 Å². The van der Waals surface area contributed by atoms with E-state index in [1.807, 2.05) is 17.0 Å². The molecule has 0 bridgehead atoms. The Morgan fingerprint density at radius 2 is 1.82 bits per heavy atom. The first-order chi connectivity index (χ1) is 16.6. The Balaban J connectivity index is 1.17. The minimum Gasteiger partial charge on any atom is -0.459 e. The molecule has 1 unspecified atom stereocenters. The van der Waals surface area contributed by atoms with E-state index < -0.39 is 6.04 Å². The van der Waals surface area contributed by atoms with Crippen LogP contribution in [0.15, 0.2) is 51.6 Å². The van der Waals surface area contributed by atoms with Gasteiger partial charge in [-0.2, -0.15) is 4.98 Å². The van der Waals surface area contributed by atoms with Gasteiger partial charge in [0.15, 0.2) is 5.76 Å². The number of benzene rings is 1. The van der Waals surface area contributed by atoms with E-state index in [1.165, 1.54) is 6.26 Å². The summed E-state index contributed by atoms with van der Waals surface area (Å²) in [6.07, 6.45) is 3.99. The van der Waals surface area contributed by atoms with E-state index in [0.717, 1.165) is 18.4 Å². The lowest BCUT2D eigenvalue weighted by atomic mass is 10.00. The molecule has 2 aliphatic heterocycles. The maximum Gasteiger partial charge on any atom is 0.290 e. The number of furan rings is 1. The number of nitrogens with zero attached hydrogens (tertiary/aromatic N) is 5. The van der Waals surface area contributed by atoms with Crippen LogP contribution in [0.2, 0.25) is 5.02 Å². The van der Waals surface area contributed by atoms with Crippen LogP contribution in [0.3, 0.4) is 0 Å². The summed E-state index contributed by atoms with van der Waals surface area (Å²) in [7, 11) is 0. The Morgan fingerprint density at radius 3 is 2.56 bits per heavy atom. The molecular weight excluding hydrogens is 458 g/mol. The van der Waals surface area contributed by atoms with Gasteiger partial charge in [-0.1, -0.05) is 16.8 Å². The first-order valence-corrected chi connectivity index (χ1v) is 11.9. The van der Waals surface area contributed by atoms with Crippen molar-refractivity contribution in [3.8, 4) is 11.4 Å². The highest BCUT2D eigenvalue weighted by atomic mass is 35.5. The number of rotatable bonds is 5. The van der Waals surface area contributed by atoms with Crippen molar-refractivity contribution in [3.63, 3.8) is 0 Å². The van der Waals surface area contributed by atoms with Gasteiger partial charge in [-0.05, 0) is 55.7 Å². The number of piperidine rings is 1. The van der Waals surface area contributed by atoms with Crippen molar-refractivity contribution in [2.45, 2.75) is 31.8 Å². The van der Waals surface area contributed by atoms with Gasteiger partial charge in [0.2, 0.25) is 17.6 Å². The largest absolute Gasteiger partial charge is 0.459 e. The van der Waals surface area contributed by atoms with Gasteiger partial charge in [0, 0.05) is 43.3 Å². The highest BCUT2D eigenvalue weighted by molar-refractivity contribution is 6.30. The number of piperazine rings is 1. The molecule has 2 amide bonds. The molecule has 1 atom stereocenters. The van der Waals surface area contributed by atoms with E-state index in [9.17, 15) is 9.59 Å². The Hall–Kier alpha value is -3.17. The Kier molecular flexibility index (Phi) is 6.64. The van der Waals surface area contributed by atoms with Gasteiger partial charge >= 0.3 is 0 Å². The Bertz CT molecular complexity index is 1120. The van der Waals surface area contributed by atoms with E-state index in [0.29, 0.717) is 62.4 Å². The van der Waals surface area contributed by atoms with Crippen LogP contribution in [0.5, 0.6) is 0 Å². The second-order valence-electron chi connectivity index (χ2n) is 8.61. The topological polar surface area (TPSA) is 95.9 Å². The molecule has 10 heteroatoms. The first kappa shape index (κ1) is 22.6. The Labute approximate surface area is 202 Å². The second kappa shape index (κ2) is 9.99. The molecule has 2 aromatic heterocycles. The van der Waals surface area contributed by atoms with Crippen LogP contribution in [-0.4, -0.2) is 75.4 Å². The highest BCUT2D eigenvalue weighted by Gasteiger charge is 2.37. The normalized spacial score (nSPS) is 19.4. The van der Waals surface area contributed by atoms with Gasteiger partial charge in [-0.15, -0.1) is 0 Å².